The smallest absolute Gasteiger partial charge is 0.319 e. The van der Waals surface area contributed by atoms with Gasteiger partial charge in [-0.3, -0.25) is 4.90 Å². The van der Waals surface area contributed by atoms with Crippen molar-refractivity contribution in [3.8, 4) is 5.75 Å². The van der Waals surface area contributed by atoms with Crippen molar-refractivity contribution >= 4 is 23.3 Å². The Hall–Kier alpha value is -2.42. The third-order valence-electron chi connectivity index (χ3n) is 5.39. The van der Waals surface area contributed by atoms with Gasteiger partial charge in [0.1, 0.15) is 17.4 Å². The van der Waals surface area contributed by atoms with E-state index in [4.69, 9.17) is 16.3 Å². The van der Waals surface area contributed by atoms with E-state index in [2.05, 4.69) is 10.6 Å². The predicted molar refractivity (Wildman–Crippen MR) is 120 cm³/mol. The molecule has 6 nitrogen and oxygen atoms in total. The summed E-state index contributed by atoms with van der Waals surface area (Å²) in [6, 6.07) is 7.90. The molecule has 0 saturated carbocycles. The molecule has 32 heavy (non-hydrogen) atoms. The van der Waals surface area contributed by atoms with Crippen molar-refractivity contribution in [3.63, 3.8) is 0 Å². The second-order valence-corrected chi connectivity index (χ2v) is 9.10. The van der Waals surface area contributed by atoms with Crippen molar-refractivity contribution in [2.24, 2.45) is 0 Å². The Kier molecular flexibility index (Phi) is 7.59. The van der Waals surface area contributed by atoms with Crippen molar-refractivity contribution in [2.45, 2.75) is 37.8 Å². The molecule has 0 aliphatic carbocycles. The number of β-amino-alcohol motifs (C(OH)–C–C–N with tert-alkyl or cyclic N) is 1. The number of ether oxygens (including phenoxy) is 1. The van der Waals surface area contributed by atoms with Crippen LogP contribution in [0, 0.1) is 11.6 Å². The van der Waals surface area contributed by atoms with Gasteiger partial charge in [0.25, 0.3) is 0 Å². The number of nitrogens with zero attached hydrogens (tertiary/aromatic N) is 1. The second-order valence-electron chi connectivity index (χ2n) is 8.66. The molecule has 174 valence electrons. The van der Waals surface area contributed by atoms with Gasteiger partial charge < -0.3 is 20.5 Å². The number of carbonyl (C=O) groups is 1. The van der Waals surface area contributed by atoms with Crippen molar-refractivity contribution in [2.75, 3.05) is 32.1 Å². The number of hydrogen-bond acceptors (Lipinski definition) is 4. The van der Waals surface area contributed by atoms with Crippen LogP contribution in [0.4, 0.5) is 19.3 Å². The molecule has 0 spiro atoms. The zero-order chi connectivity index (χ0) is 23.5. The number of nitrogens with one attached hydrogen (secondary N) is 2. The third-order valence-corrected chi connectivity index (χ3v) is 5.64. The summed E-state index contributed by atoms with van der Waals surface area (Å²) < 4.78 is 34.8. The standard InChI is InChI=1S/C23H28ClF2N3O3/c1-23(2,31)13-29-9-8-20(28-22(30)27-15-6-4-14(24)5-7-15)17(12-29)21-18(25)10-16(32-3)11-19(21)26/h4-7,10-11,17,20,31H,8-9,12-13H2,1-3H3,(H2,27,28,30)/t17-,20-/m1/s1. The van der Waals surface area contributed by atoms with Gasteiger partial charge in [-0.25, -0.2) is 13.6 Å². The van der Waals surface area contributed by atoms with E-state index in [1.807, 2.05) is 4.90 Å². The normalized spacial score (nSPS) is 19.5. The number of anilines is 1. The highest BCUT2D eigenvalue weighted by Gasteiger charge is 2.36. The molecule has 2 aromatic rings. The van der Waals surface area contributed by atoms with E-state index in [0.29, 0.717) is 30.2 Å². The quantitative estimate of drug-likeness (QED) is 0.589. The van der Waals surface area contributed by atoms with Gasteiger partial charge in [-0.15, -0.1) is 0 Å². The maximum absolute atomic E-state index is 14.9. The molecule has 1 heterocycles. The van der Waals surface area contributed by atoms with Crippen LogP contribution in [-0.2, 0) is 0 Å². The van der Waals surface area contributed by atoms with E-state index in [1.165, 1.54) is 7.11 Å². The molecule has 2 atom stereocenters. The summed E-state index contributed by atoms with van der Waals surface area (Å²) in [5, 5.41) is 16.3. The number of aliphatic hydroxyl groups is 1. The fourth-order valence-electron chi connectivity index (χ4n) is 4.08. The first-order chi connectivity index (χ1) is 15.1. The van der Waals surface area contributed by atoms with Gasteiger partial charge >= 0.3 is 6.03 Å². The maximum Gasteiger partial charge on any atom is 0.319 e. The number of amides is 2. The first-order valence-electron chi connectivity index (χ1n) is 10.4. The van der Waals surface area contributed by atoms with Gasteiger partial charge in [0.05, 0.1) is 12.7 Å². The van der Waals surface area contributed by atoms with Crippen LogP contribution in [0.1, 0.15) is 31.7 Å². The molecule has 0 unspecified atom stereocenters. The van der Waals surface area contributed by atoms with E-state index in [0.717, 1.165) is 12.1 Å². The van der Waals surface area contributed by atoms with Crippen LogP contribution >= 0.6 is 11.6 Å². The van der Waals surface area contributed by atoms with Crippen molar-refractivity contribution < 1.29 is 23.4 Å². The summed E-state index contributed by atoms with van der Waals surface area (Å²) in [6.45, 7) is 4.54. The van der Waals surface area contributed by atoms with Gasteiger partial charge in [-0.2, -0.15) is 0 Å². The van der Waals surface area contributed by atoms with Crippen LogP contribution in [0.25, 0.3) is 0 Å². The van der Waals surface area contributed by atoms with Crippen LogP contribution in [0.5, 0.6) is 5.75 Å². The summed E-state index contributed by atoms with van der Waals surface area (Å²) >= 11 is 5.87. The van der Waals surface area contributed by atoms with Crippen LogP contribution in [0.3, 0.4) is 0 Å². The molecule has 1 aliphatic rings. The number of methoxy groups -OCH3 is 1. The fourth-order valence-corrected chi connectivity index (χ4v) is 4.20. The zero-order valence-electron chi connectivity index (χ0n) is 18.3. The molecule has 0 bridgehead atoms. The number of piperidine rings is 1. The number of carbonyl (C=O) groups excluding carboxylic acids is 1. The lowest BCUT2D eigenvalue weighted by Gasteiger charge is -2.41. The monoisotopic (exact) mass is 467 g/mol. The van der Waals surface area contributed by atoms with Crippen LogP contribution in [0.2, 0.25) is 5.02 Å². The average molecular weight is 468 g/mol. The van der Waals surface area contributed by atoms with E-state index in [1.54, 1.807) is 38.1 Å². The summed E-state index contributed by atoms with van der Waals surface area (Å²) in [7, 11) is 1.34. The first kappa shape index (κ1) is 24.2. The summed E-state index contributed by atoms with van der Waals surface area (Å²) in [6.07, 6.45) is 0.458. The Morgan fingerprint density at radius 2 is 1.88 bits per heavy atom. The second kappa shape index (κ2) is 10.0. The van der Waals surface area contributed by atoms with E-state index < -0.39 is 35.2 Å². The average Bonchev–Trinajstić information content (AvgIpc) is 2.69. The lowest BCUT2D eigenvalue weighted by atomic mass is 9.84. The molecule has 0 radical (unpaired) electrons. The van der Waals surface area contributed by atoms with Gasteiger partial charge in [-0.1, -0.05) is 11.6 Å². The van der Waals surface area contributed by atoms with Gasteiger partial charge in [0, 0.05) is 60.0 Å². The summed E-state index contributed by atoms with van der Waals surface area (Å²) in [5.74, 6) is -2.05. The number of halogens is 3. The Bertz CT molecular complexity index is 927. The molecular formula is C23H28ClF2N3O3. The lowest BCUT2D eigenvalue weighted by Crippen LogP contribution is -2.53. The summed E-state index contributed by atoms with van der Waals surface area (Å²) in [4.78, 5) is 14.6. The number of urea groups is 1. The summed E-state index contributed by atoms with van der Waals surface area (Å²) in [5.41, 5.74) is -0.527. The Labute approximate surface area is 191 Å². The Morgan fingerprint density at radius 3 is 2.44 bits per heavy atom. The molecule has 1 aliphatic heterocycles. The topological polar surface area (TPSA) is 73.8 Å². The van der Waals surface area contributed by atoms with E-state index in [-0.39, 0.29) is 17.9 Å². The molecule has 1 fully saturated rings. The van der Waals surface area contributed by atoms with Crippen molar-refractivity contribution in [1.82, 2.24) is 10.2 Å². The molecule has 3 N–H and O–H groups in total. The number of likely N-dealkylation sites (tertiary alicyclic amines) is 1. The highest BCUT2D eigenvalue weighted by atomic mass is 35.5. The van der Waals surface area contributed by atoms with Crippen LogP contribution < -0.4 is 15.4 Å². The van der Waals surface area contributed by atoms with Crippen molar-refractivity contribution in [1.29, 1.82) is 0 Å². The molecule has 1 saturated heterocycles. The SMILES string of the molecule is COc1cc(F)c([C@@H]2CN(CC(C)(C)O)CC[C@H]2NC(=O)Nc2ccc(Cl)cc2)c(F)c1. The highest BCUT2D eigenvalue weighted by Crippen LogP contribution is 2.34. The number of hydrogen-bond donors (Lipinski definition) is 3. The molecule has 2 amide bonds. The lowest BCUT2D eigenvalue weighted by molar-refractivity contribution is 0.0232. The number of rotatable bonds is 6. The highest BCUT2D eigenvalue weighted by molar-refractivity contribution is 6.30. The molecule has 0 aromatic heterocycles. The first-order valence-corrected chi connectivity index (χ1v) is 10.7. The third kappa shape index (κ3) is 6.31. The minimum atomic E-state index is -0.965. The Morgan fingerprint density at radius 1 is 1.25 bits per heavy atom. The number of benzene rings is 2. The van der Waals surface area contributed by atoms with Gasteiger partial charge in [-0.05, 0) is 44.5 Å². The van der Waals surface area contributed by atoms with Gasteiger partial charge in [0.2, 0.25) is 0 Å². The zero-order valence-corrected chi connectivity index (χ0v) is 19.0. The van der Waals surface area contributed by atoms with E-state index >= 15 is 0 Å². The predicted octanol–water partition coefficient (Wildman–Crippen LogP) is 4.38. The van der Waals surface area contributed by atoms with Crippen molar-refractivity contribution in [3.05, 3.63) is 58.6 Å². The molecular weight excluding hydrogens is 440 g/mol. The fraction of sp³-hybridized carbons (Fsp3) is 0.435. The van der Waals surface area contributed by atoms with Crippen LogP contribution in [0.15, 0.2) is 36.4 Å². The van der Waals surface area contributed by atoms with Crippen LogP contribution in [-0.4, -0.2) is 54.4 Å². The Balaban J connectivity index is 1.83. The molecule has 2 aromatic carbocycles. The largest absolute Gasteiger partial charge is 0.497 e. The minimum Gasteiger partial charge on any atom is -0.497 e. The molecule has 9 heteroatoms. The van der Waals surface area contributed by atoms with Gasteiger partial charge in [0.15, 0.2) is 0 Å². The minimum absolute atomic E-state index is 0.0814. The maximum atomic E-state index is 14.9. The molecule has 3 rings (SSSR count). The van der Waals surface area contributed by atoms with E-state index in [9.17, 15) is 18.7 Å².